The molecule has 0 bridgehead atoms. The van der Waals surface area contributed by atoms with Crippen LogP contribution in [-0.2, 0) is 10.0 Å². The molecule has 0 spiro atoms. The van der Waals surface area contributed by atoms with E-state index in [0.29, 0.717) is 0 Å². The Labute approximate surface area is 143 Å². The zero-order valence-corrected chi connectivity index (χ0v) is 13.8. The molecular weight excluding hydrogens is 354 g/mol. The molecule has 9 heteroatoms. The highest BCUT2D eigenvalue weighted by Crippen LogP contribution is 2.29. The Morgan fingerprint density at radius 3 is 2.54 bits per heavy atom. The number of benzene rings is 2. The molecule has 0 fully saturated rings. The number of nitro groups is 1. The number of nitro benzene ring substituents is 1. The minimum absolute atomic E-state index is 0.0742. The number of anilines is 2. The average Bonchev–Trinajstić information content (AvgIpc) is 2.54. The van der Waals surface area contributed by atoms with Gasteiger partial charge in [0.25, 0.3) is 15.7 Å². The van der Waals surface area contributed by atoms with Crippen LogP contribution in [0.1, 0.15) is 0 Å². The third-order valence-electron chi connectivity index (χ3n) is 2.98. The maximum Gasteiger partial charge on any atom is 0.293 e. The van der Waals surface area contributed by atoms with E-state index in [0.717, 1.165) is 6.07 Å². The predicted octanol–water partition coefficient (Wildman–Crippen LogP) is 3.09. The maximum atomic E-state index is 12.4. The summed E-state index contributed by atoms with van der Waals surface area (Å²) in [6, 6.07) is 9.75. The van der Waals surface area contributed by atoms with Crippen molar-refractivity contribution in [2.75, 3.05) is 16.6 Å². The fourth-order valence-corrected chi connectivity index (χ4v) is 3.21. The van der Waals surface area contributed by atoms with Gasteiger partial charge in [0.05, 0.1) is 27.1 Å². The molecule has 2 aromatic rings. The average molecular weight is 366 g/mol. The van der Waals surface area contributed by atoms with Gasteiger partial charge in [0.15, 0.2) is 0 Å². The van der Waals surface area contributed by atoms with E-state index in [2.05, 4.69) is 16.0 Å². The number of terminal acetylenes is 1. The van der Waals surface area contributed by atoms with Gasteiger partial charge in [-0.25, -0.2) is 8.42 Å². The summed E-state index contributed by atoms with van der Waals surface area (Å²) in [5.74, 6) is 2.29. The van der Waals surface area contributed by atoms with Crippen LogP contribution in [0.2, 0.25) is 5.02 Å². The molecule has 0 aliphatic rings. The fraction of sp³-hybridized carbons (Fsp3) is 0.0667. The second-order valence-corrected chi connectivity index (χ2v) is 6.67. The van der Waals surface area contributed by atoms with E-state index in [4.69, 9.17) is 18.0 Å². The van der Waals surface area contributed by atoms with Gasteiger partial charge in [-0.3, -0.25) is 14.8 Å². The molecule has 2 aromatic carbocycles. The maximum absolute atomic E-state index is 12.4. The second kappa shape index (κ2) is 7.21. The first-order chi connectivity index (χ1) is 11.3. The van der Waals surface area contributed by atoms with Crippen LogP contribution in [0.5, 0.6) is 0 Å². The topological polar surface area (TPSA) is 101 Å². The standard InChI is InChI=1S/C15H12ClN3O4S/c1-2-9-17-14-8-7-11(10-15(14)19(20)21)24(22,23)18-13-6-4-3-5-12(13)16/h1,3-8,10,17-18H,9H2. The van der Waals surface area contributed by atoms with Crippen molar-refractivity contribution < 1.29 is 13.3 Å². The summed E-state index contributed by atoms with van der Waals surface area (Å²) < 4.78 is 27.1. The Bertz CT molecular complexity index is 923. The van der Waals surface area contributed by atoms with Crippen molar-refractivity contribution in [3.8, 4) is 12.3 Å². The molecule has 0 saturated heterocycles. The monoisotopic (exact) mass is 365 g/mol. The van der Waals surface area contributed by atoms with E-state index < -0.39 is 20.6 Å². The molecule has 24 heavy (non-hydrogen) atoms. The minimum Gasteiger partial charge on any atom is -0.369 e. The van der Waals surface area contributed by atoms with Gasteiger partial charge in [0, 0.05) is 6.07 Å². The summed E-state index contributed by atoms with van der Waals surface area (Å²) in [7, 11) is -4.04. The fourth-order valence-electron chi connectivity index (χ4n) is 1.87. The molecule has 2 N–H and O–H groups in total. The van der Waals surface area contributed by atoms with Gasteiger partial charge in [-0.2, -0.15) is 0 Å². The smallest absolute Gasteiger partial charge is 0.293 e. The van der Waals surface area contributed by atoms with E-state index in [-0.39, 0.29) is 27.8 Å². The number of para-hydroxylation sites is 1. The molecule has 0 aliphatic heterocycles. The van der Waals surface area contributed by atoms with Crippen LogP contribution in [0.4, 0.5) is 17.1 Å². The normalized spacial score (nSPS) is 10.7. The zero-order chi connectivity index (χ0) is 17.7. The number of sulfonamides is 1. The van der Waals surface area contributed by atoms with Crippen LogP contribution in [0, 0.1) is 22.5 Å². The lowest BCUT2D eigenvalue weighted by molar-refractivity contribution is -0.384. The van der Waals surface area contributed by atoms with Gasteiger partial charge in [0.2, 0.25) is 0 Å². The first kappa shape index (κ1) is 17.6. The molecule has 0 aromatic heterocycles. The predicted molar refractivity (Wildman–Crippen MR) is 92.7 cm³/mol. The first-order valence-corrected chi connectivity index (χ1v) is 8.44. The molecule has 124 valence electrons. The van der Waals surface area contributed by atoms with Crippen molar-refractivity contribution in [3.63, 3.8) is 0 Å². The summed E-state index contributed by atoms with van der Waals surface area (Å²) >= 11 is 5.92. The zero-order valence-electron chi connectivity index (χ0n) is 12.2. The summed E-state index contributed by atoms with van der Waals surface area (Å²) in [5.41, 5.74) is -0.0849. The van der Waals surface area contributed by atoms with Crippen LogP contribution in [0.15, 0.2) is 47.4 Å². The summed E-state index contributed by atoms with van der Waals surface area (Å²) in [6.07, 6.45) is 5.10. The minimum atomic E-state index is -4.04. The highest BCUT2D eigenvalue weighted by atomic mass is 35.5. The molecule has 0 aliphatic carbocycles. The Hall–Kier alpha value is -2.76. The number of hydrogen-bond acceptors (Lipinski definition) is 5. The van der Waals surface area contributed by atoms with Crippen molar-refractivity contribution in [3.05, 3.63) is 57.6 Å². The second-order valence-electron chi connectivity index (χ2n) is 4.58. The van der Waals surface area contributed by atoms with E-state index in [1.54, 1.807) is 12.1 Å². The van der Waals surface area contributed by atoms with Crippen LogP contribution >= 0.6 is 11.6 Å². The van der Waals surface area contributed by atoms with Crippen molar-refractivity contribution >= 4 is 38.7 Å². The first-order valence-electron chi connectivity index (χ1n) is 6.58. The van der Waals surface area contributed by atoms with Crippen LogP contribution < -0.4 is 10.0 Å². The van der Waals surface area contributed by atoms with Gasteiger partial charge in [-0.05, 0) is 24.3 Å². The third-order valence-corrected chi connectivity index (χ3v) is 4.67. The Kier molecular flexibility index (Phi) is 5.28. The van der Waals surface area contributed by atoms with Crippen molar-refractivity contribution in [1.82, 2.24) is 0 Å². The number of halogens is 1. The lowest BCUT2D eigenvalue weighted by Crippen LogP contribution is -2.14. The van der Waals surface area contributed by atoms with Crippen molar-refractivity contribution in [2.24, 2.45) is 0 Å². The molecular formula is C15H12ClN3O4S. The molecule has 7 nitrogen and oxygen atoms in total. The van der Waals surface area contributed by atoms with E-state index in [1.165, 1.54) is 24.3 Å². The summed E-state index contributed by atoms with van der Waals surface area (Å²) in [4.78, 5) is 10.2. The van der Waals surface area contributed by atoms with E-state index in [9.17, 15) is 18.5 Å². The van der Waals surface area contributed by atoms with E-state index in [1.807, 2.05) is 0 Å². The number of hydrogen-bond donors (Lipinski definition) is 2. The van der Waals surface area contributed by atoms with E-state index >= 15 is 0 Å². The SMILES string of the molecule is C#CCNc1ccc(S(=O)(=O)Nc2ccccc2Cl)cc1[N+](=O)[O-]. The Morgan fingerprint density at radius 2 is 1.92 bits per heavy atom. The van der Waals surface area contributed by atoms with Gasteiger partial charge >= 0.3 is 0 Å². The van der Waals surface area contributed by atoms with Crippen LogP contribution in [-0.4, -0.2) is 19.9 Å². The van der Waals surface area contributed by atoms with Crippen molar-refractivity contribution in [2.45, 2.75) is 4.90 Å². The largest absolute Gasteiger partial charge is 0.369 e. The van der Waals surface area contributed by atoms with Crippen LogP contribution in [0.3, 0.4) is 0 Å². The van der Waals surface area contributed by atoms with Gasteiger partial charge in [-0.1, -0.05) is 29.7 Å². The molecule has 0 amide bonds. The molecule has 0 heterocycles. The highest BCUT2D eigenvalue weighted by Gasteiger charge is 2.22. The van der Waals surface area contributed by atoms with Crippen molar-refractivity contribution in [1.29, 1.82) is 0 Å². The number of nitrogens with one attached hydrogen (secondary N) is 2. The third kappa shape index (κ3) is 3.95. The Balaban J connectivity index is 2.40. The van der Waals surface area contributed by atoms with Gasteiger partial charge < -0.3 is 5.32 Å². The number of nitrogens with zero attached hydrogens (tertiary/aromatic N) is 1. The molecule has 0 radical (unpaired) electrons. The van der Waals surface area contributed by atoms with Crippen LogP contribution in [0.25, 0.3) is 0 Å². The molecule has 0 saturated carbocycles. The number of rotatable bonds is 6. The van der Waals surface area contributed by atoms with Gasteiger partial charge in [-0.15, -0.1) is 6.42 Å². The lowest BCUT2D eigenvalue weighted by atomic mass is 10.2. The molecule has 2 rings (SSSR count). The molecule has 0 atom stereocenters. The van der Waals surface area contributed by atoms with Gasteiger partial charge in [0.1, 0.15) is 5.69 Å². The highest BCUT2D eigenvalue weighted by molar-refractivity contribution is 7.92. The summed E-state index contributed by atoms with van der Waals surface area (Å²) in [5, 5.41) is 14.0. The molecule has 0 unspecified atom stereocenters. The Morgan fingerprint density at radius 1 is 1.21 bits per heavy atom. The quantitative estimate of drug-likeness (QED) is 0.465. The lowest BCUT2D eigenvalue weighted by Gasteiger charge is -2.10. The summed E-state index contributed by atoms with van der Waals surface area (Å²) in [6.45, 7) is 0.0742.